The van der Waals surface area contributed by atoms with Crippen molar-refractivity contribution in [3.8, 4) is 0 Å². The fourth-order valence-corrected chi connectivity index (χ4v) is 6.36. The van der Waals surface area contributed by atoms with Gasteiger partial charge in [0.15, 0.2) is 0 Å². The molecule has 2 heterocycles. The van der Waals surface area contributed by atoms with Crippen LogP contribution in [-0.4, -0.2) is 40.7 Å². The molecule has 5 heteroatoms. The van der Waals surface area contributed by atoms with Gasteiger partial charge < -0.3 is 9.80 Å². The van der Waals surface area contributed by atoms with E-state index in [1.54, 1.807) is 11.3 Å². The molecule has 0 unspecified atom stereocenters. The molecule has 2 aromatic carbocycles. The number of benzene rings is 2. The van der Waals surface area contributed by atoms with Gasteiger partial charge in [-0.2, -0.15) is 0 Å². The summed E-state index contributed by atoms with van der Waals surface area (Å²) in [6.45, 7) is 9.66. The highest BCUT2D eigenvalue weighted by Gasteiger charge is 2.38. The maximum absolute atomic E-state index is 13.9. The maximum Gasteiger partial charge on any atom is 0.254 e. The summed E-state index contributed by atoms with van der Waals surface area (Å²) in [7, 11) is 0. The van der Waals surface area contributed by atoms with E-state index in [1.807, 2.05) is 21.9 Å². The van der Waals surface area contributed by atoms with E-state index in [2.05, 4.69) is 75.5 Å². The van der Waals surface area contributed by atoms with Crippen molar-refractivity contribution in [1.29, 1.82) is 0 Å². The standard InChI is InChI=1S/C33H40N2O2S/c1-5-6-7-23-8-10-25(11-9-23)32(37)35(27-16-17-27)22-30(36)34-20-18-29-28(19-21-38-29)31(34)24-12-14-26(15-13-24)33(2,3)4/h8-15,19,21,27,31H,5-7,16-18,20,22H2,1-4H3/t31-/m1/s1. The van der Waals surface area contributed by atoms with Crippen LogP contribution in [0.15, 0.2) is 60.0 Å². The molecule has 1 atom stereocenters. The van der Waals surface area contributed by atoms with E-state index in [0.717, 1.165) is 44.1 Å². The summed E-state index contributed by atoms with van der Waals surface area (Å²) in [6.07, 6.45) is 6.15. The average molecular weight is 529 g/mol. The molecule has 0 saturated heterocycles. The topological polar surface area (TPSA) is 40.6 Å². The number of aryl methyl sites for hydroxylation is 1. The number of unbranched alkanes of at least 4 members (excludes halogenated alkanes) is 1. The molecule has 0 radical (unpaired) electrons. The molecular formula is C33H40N2O2S. The van der Waals surface area contributed by atoms with Gasteiger partial charge >= 0.3 is 0 Å². The van der Waals surface area contributed by atoms with Crippen LogP contribution >= 0.6 is 11.3 Å². The third-order valence-electron chi connectivity index (χ3n) is 7.95. The predicted molar refractivity (Wildman–Crippen MR) is 156 cm³/mol. The van der Waals surface area contributed by atoms with Crippen molar-refractivity contribution in [3.05, 3.63) is 92.7 Å². The van der Waals surface area contributed by atoms with Gasteiger partial charge in [-0.05, 0) is 83.4 Å². The first kappa shape index (κ1) is 26.7. The van der Waals surface area contributed by atoms with Crippen molar-refractivity contribution in [2.45, 2.75) is 83.7 Å². The molecule has 38 heavy (non-hydrogen) atoms. The minimum atomic E-state index is -0.111. The smallest absolute Gasteiger partial charge is 0.254 e. The van der Waals surface area contributed by atoms with Gasteiger partial charge in [0.1, 0.15) is 6.54 Å². The van der Waals surface area contributed by atoms with Crippen molar-refractivity contribution < 1.29 is 9.59 Å². The van der Waals surface area contributed by atoms with Crippen LogP contribution in [0.3, 0.4) is 0 Å². The summed E-state index contributed by atoms with van der Waals surface area (Å²) in [5.74, 6) is 0.00812. The fourth-order valence-electron chi connectivity index (χ4n) is 5.46. The van der Waals surface area contributed by atoms with Gasteiger partial charge in [-0.15, -0.1) is 11.3 Å². The van der Waals surface area contributed by atoms with E-state index in [0.29, 0.717) is 12.1 Å². The van der Waals surface area contributed by atoms with Gasteiger partial charge in [-0.25, -0.2) is 0 Å². The number of carbonyl (C=O) groups is 2. The summed E-state index contributed by atoms with van der Waals surface area (Å²) in [5, 5.41) is 2.14. The fraction of sp³-hybridized carbons (Fsp3) is 0.455. The Labute approximate surface area is 231 Å². The Balaban J connectivity index is 1.37. The Morgan fingerprint density at radius 3 is 2.34 bits per heavy atom. The molecule has 0 N–H and O–H groups in total. The van der Waals surface area contributed by atoms with Crippen LogP contribution in [-0.2, 0) is 23.1 Å². The van der Waals surface area contributed by atoms with Crippen molar-refractivity contribution >= 4 is 23.2 Å². The third kappa shape index (κ3) is 5.73. The maximum atomic E-state index is 13.9. The van der Waals surface area contributed by atoms with Gasteiger partial charge in [-0.1, -0.05) is 70.5 Å². The number of rotatable bonds is 8. The first-order valence-electron chi connectivity index (χ1n) is 14.1. The van der Waals surface area contributed by atoms with E-state index < -0.39 is 0 Å². The number of thiophene rings is 1. The Morgan fingerprint density at radius 2 is 1.71 bits per heavy atom. The summed E-state index contributed by atoms with van der Waals surface area (Å²) >= 11 is 1.78. The Kier molecular flexibility index (Phi) is 7.76. The van der Waals surface area contributed by atoms with Crippen LogP contribution in [0.5, 0.6) is 0 Å². The molecule has 1 aliphatic heterocycles. The highest BCUT2D eigenvalue weighted by atomic mass is 32.1. The average Bonchev–Trinajstić information content (AvgIpc) is 3.65. The minimum absolute atomic E-state index is 0.0257. The number of hydrogen-bond donors (Lipinski definition) is 0. The highest BCUT2D eigenvalue weighted by molar-refractivity contribution is 7.10. The molecule has 2 aliphatic rings. The van der Waals surface area contributed by atoms with Gasteiger partial charge in [0.2, 0.25) is 5.91 Å². The lowest BCUT2D eigenvalue weighted by molar-refractivity contribution is -0.134. The minimum Gasteiger partial charge on any atom is -0.330 e. The van der Waals surface area contributed by atoms with Crippen LogP contribution < -0.4 is 0 Å². The van der Waals surface area contributed by atoms with Gasteiger partial charge in [0.05, 0.1) is 6.04 Å². The zero-order valence-corrected chi connectivity index (χ0v) is 24.0. The lowest BCUT2D eigenvalue weighted by atomic mass is 9.85. The van der Waals surface area contributed by atoms with Gasteiger partial charge in [0.25, 0.3) is 5.91 Å². The molecule has 2 amide bonds. The predicted octanol–water partition coefficient (Wildman–Crippen LogP) is 7.17. The van der Waals surface area contributed by atoms with Crippen LogP contribution in [0.1, 0.15) is 96.9 Å². The Morgan fingerprint density at radius 1 is 1.00 bits per heavy atom. The second kappa shape index (κ2) is 11.1. The van der Waals surface area contributed by atoms with E-state index in [9.17, 15) is 9.59 Å². The molecule has 4 nitrogen and oxygen atoms in total. The monoisotopic (exact) mass is 528 g/mol. The first-order chi connectivity index (χ1) is 18.3. The first-order valence-corrected chi connectivity index (χ1v) is 15.0. The van der Waals surface area contributed by atoms with Crippen molar-refractivity contribution in [1.82, 2.24) is 9.80 Å². The van der Waals surface area contributed by atoms with Crippen molar-refractivity contribution in [2.24, 2.45) is 0 Å². The number of fused-ring (bicyclic) bond motifs is 1. The summed E-state index contributed by atoms with van der Waals surface area (Å²) < 4.78 is 0. The summed E-state index contributed by atoms with van der Waals surface area (Å²) in [4.78, 5) is 32.7. The zero-order chi connectivity index (χ0) is 26.9. The lowest BCUT2D eigenvalue weighted by Crippen LogP contribution is -2.47. The third-order valence-corrected chi connectivity index (χ3v) is 8.95. The van der Waals surface area contributed by atoms with Crippen LogP contribution in [0.2, 0.25) is 0 Å². The summed E-state index contributed by atoms with van der Waals surface area (Å²) in [6, 6.07) is 19.0. The quantitative estimate of drug-likeness (QED) is 0.311. The second-order valence-electron chi connectivity index (χ2n) is 11.9. The van der Waals surface area contributed by atoms with Crippen LogP contribution in [0.25, 0.3) is 0 Å². The Bertz CT molecular complexity index is 1270. The number of carbonyl (C=O) groups excluding carboxylic acids is 2. The van der Waals surface area contributed by atoms with Gasteiger partial charge in [-0.3, -0.25) is 9.59 Å². The van der Waals surface area contributed by atoms with E-state index in [4.69, 9.17) is 0 Å². The van der Waals surface area contributed by atoms with E-state index >= 15 is 0 Å². The van der Waals surface area contributed by atoms with E-state index in [1.165, 1.54) is 21.6 Å². The van der Waals surface area contributed by atoms with Gasteiger partial charge in [0, 0.05) is 23.0 Å². The van der Waals surface area contributed by atoms with Crippen molar-refractivity contribution in [3.63, 3.8) is 0 Å². The number of amides is 2. The Hall–Kier alpha value is -2.92. The van der Waals surface area contributed by atoms with Crippen molar-refractivity contribution in [2.75, 3.05) is 13.1 Å². The molecule has 1 aliphatic carbocycles. The molecule has 1 saturated carbocycles. The summed E-state index contributed by atoms with van der Waals surface area (Å²) in [5.41, 5.74) is 5.66. The highest BCUT2D eigenvalue weighted by Crippen LogP contribution is 2.39. The second-order valence-corrected chi connectivity index (χ2v) is 12.9. The normalized spacial score (nSPS) is 17.3. The molecule has 0 spiro atoms. The number of nitrogens with zero attached hydrogens (tertiary/aromatic N) is 2. The lowest BCUT2D eigenvalue weighted by Gasteiger charge is -2.38. The zero-order valence-electron chi connectivity index (χ0n) is 23.2. The van der Waals surface area contributed by atoms with E-state index in [-0.39, 0.29) is 35.9 Å². The molecule has 3 aromatic rings. The molecular weight excluding hydrogens is 488 g/mol. The van der Waals surface area contributed by atoms with Crippen LogP contribution in [0, 0.1) is 0 Å². The molecule has 5 rings (SSSR count). The molecule has 1 fully saturated rings. The number of hydrogen-bond acceptors (Lipinski definition) is 3. The molecule has 200 valence electrons. The largest absolute Gasteiger partial charge is 0.330 e. The molecule has 0 bridgehead atoms. The van der Waals surface area contributed by atoms with Crippen LogP contribution in [0.4, 0.5) is 0 Å². The molecule has 1 aromatic heterocycles. The SMILES string of the molecule is CCCCc1ccc(C(=O)N(CC(=O)N2CCc3sccc3[C@H]2c2ccc(C(C)(C)C)cc2)C2CC2)cc1.